The fourth-order valence-electron chi connectivity index (χ4n) is 5.31. The molecule has 28 heavy (non-hydrogen) atoms. The van der Waals surface area contributed by atoms with Crippen molar-refractivity contribution in [2.24, 2.45) is 5.92 Å². The molecule has 1 aliphatic carbocycles. The molecule has 0 amide bonds. The van der Waals surface area contributed by atoms with Crippen molar-refractivity contribution in [2.45, 2.75) is 89.6 Å². The molecule has 3 aliphatic rings. The van der Waals surface area contributed by atoms with E-state index in [-0.39, 0.29) is 0 Å². The molecule has 2 saturated heterocycles. The molecule has 5 heteroatoms. The molecule has 1 aromatic heterocycles. The van der Waals surface area contributed by atoms with E-state index in [1.807, 2.05) is 6.20 Å². The van der Waals surface area contributed by atoms with Gasteiger partial charge in [-0.3, -0.25) is 4.90 Å². The van der Waals surface area contributed by atoms with Crippen LogP contribution in [0.3, 0.4) is 0 Å². The fourth-order valence-corrected chi connectivity index (χ4v) is 5.31. The van der Waals surface area contributed by atoms with Crippen LogP contribution in [-0.4, -0.2) is 53.1 Å². The quantitative estimate of drug-likeness (QED) is 0.814. The second kappa shape index (κ2) is 9.91. The van der Waals surface area contributed by atoms with Crippen molar-refractivity contribution in [1.82, 2.24) is 14.9 Å². The van der Waals surface area contributed by atoms with Crippen LogP contribution in [0.5, 0.6) is 0 Å². The van der Waals surface area contributed by atoms with Crippen LogP contribution in [0, 0.1) is 5.92 Å². The van der Waals surface area contributed by atoms with Gasteiger partial charge in [-0.1, -0.05) is 26.2 Å². The summed E-state index contributed by atoms with van der Waals surface area (Å²) in [5.41, 5.74) is 0. The Kier molecular flexibility index (Phi) is 7.05. The first-order chi connectivity index (χ1) is 13.8. The summed E-state index contributed by atoms with van der Waals surface area (Å²) in [7, 11) is 0. The van der Waals surface area contributed by atoms with E-state index in [4.69, 9.17) is 4.98 Å². The van der Waals surface area contributed by atoms with Crippen LogP contribution >= 0.6 is 0 Å². The predicted molar refractivity (Wildman–Crippen MR) is 117 cm³/mol. The van der Waals surface area contributed by atoms with Crippen molar-refractivity contribution in [3.05, 3.63) is 12.3 Å². The number of aromatic nitrogens is 2. The molecule has 3 fully saturated rings. The van der Waals surface area contributed by atoms with Gasteiger partial charge in [0.1, 0.15) is 5.82 Å². The van der Waals surface area contributed by atoms with Gasteiger partial charge in [0, 0.05) is 37.9 Å². The number of nitrogens with one attached hydrogen (secondary N) is 1. The Morgan fingerprint density at radius 1 is 0.893 bits per heavy atom. The molecule has 1 N–H and O–H groups in total. The molecule has 0 radical (unpaired) electrons. The molecule has 1 aromatic rings. The molecule has 2 aliphatic heterocycles. The van der Waals surface area contributed by atoms with Gasteiger partial charge in [0.2, 0.25) is 5.95 Å². The summed E-state index contributed by atoms with van der Waals surface area (Å²) in [6.07, 6.45) is 16.7. The van der Waals surface area contributed by atoms with Crippen LogP contribution in [0.15, 0.2) is 12.3 Å². The molecule has 3 heterocycles. The lowest BCUT2D eigenvalue weighted by Crippen LogP contribution is -2.43. The highest BCUT2D eigenvalue weighted by molar-refractivity contribution is 5.43. The maximum atomic E-state index is 4.90. The molecule has 0 bridgehead atoms. The van der Waals surface area contributed by atoms with Gasteiger partial charge in [0.15, 0.2) is 0 Å². The smallest absolute Gasteiger partial charge is 0.224 e. The van der Waals surface area contributed by atoms with E-state index in [9.17, 15) is 0 Å². The normalized spacial score (nSPS) is 30.5. The Bertz CT molecular complexity index is 590. The van der Waals surface area contributed by atoms with E-state index < -0.39 is 0 Å². The number of anilines is 2. The summed E-state index contributed by atoms with van der Waals surface area (Å²) in [5, 5.41) is 3.70. The Hall–Kier alpha value is -1.36. The lowest BCUT2D eigenvalue weighted by atomic mass is 9.86. The van der Waals surface area contributed by atoms with Crippen LogP contribution in [0.25, 0.3) is 0 Å². The van der Waals surface area contributed by atoms with E-state index in [2.05, 4.69) is 33.1 Å². The Balaban J connectivity index is 1.37. The van der Waals surface area contributed by atoms with Gasteiger partial charge in [-0.15, -0.1) is 0 Å². The third-order valence-electron chi connectivity index (χ3n) is 7.11. The first kappa shape index (κ1) is 19.9. The molecule has 0 aromatic carbocycles. The van der Waals surface area contributed by atoms with Gasteiger partial charge < -0.3 is 10.2 Å². The largest absolute Gasteiger partial charge is 0.356 e. The maximum Gasteiger partial charge on any atom is 0.224 e. The van der Waals surface area contributed by atoms with Crippen molar-refractivity contribution in [3.63, 3.8) is 0 Å². The van der Waals surface area contributed by atoms with Crippen molar-refractivity contribution in [2.75, 3.05) is 36.4 Å². The number of hydrogen-bond donors (Lipinski definition) is 1. The summed E-state index contributed by atoms with van der Waals surface area (Å²) in [6, 6.07) is 3.35. The maximum absolute atomic E-state index is 4.90. The number of hydrogen-bond acceptors (Lipinski definition) is 5. The van der Waals surface area contributed by atoms with Crippen LogP contribution in [0.1, 0.15) is 77.6 Å². The fraction of sp³-hybridized carbons (Fsp3) is 0.826. The SMILES string of the molecule is CC1CCC(N2CCCCC(Nc3nccc(N4CCCCCC4)n3)C2)CC1. The molecule has 156 valence electrons. The standard InChI is InChI=1S/C23H39N5/c1-19-9-11-21(12-10-19)28-17-7-4-8-20(18-28)25-23-24-14-13-22(26-23)27-15-5-2-3-6-16-27/h13-14,19-21H,2-12,15-18H2,1H3,(H,24,25,26). The van der Waals surface area contributed by atoms with Crippen molar-refractivity contribution >= 4 is 11.8 Å². The van der Waals surface area contributed by atoms with Gasteiger partial charge in [-0.2, -0.15) is 4.98 Å². The van der Waals surface area contributed by atoms with E-state index in [0.717, 1.165) is 43.4 Å². The Morgan fingerprint density at radius 3 is 2.43 bits per heavy atom. The van der Waals surface area contributed by atoms with Gasteiger partial charge in [-0.05, 0) is 69.9 Å². The van der Waals surface area contributed by atoms with Crippen molar-refractivity contribution < 1.29 is 0 Å². The number of nitrogens with zero attached hydrogens (tertiary/aromatic N) is 4. The van der Waals surface area contributed by atoms with E-state index in [1.54, 1.807) is 0 Å². The van der Waals surface area contributed by atoms with Crippen LogP contribution in [-0.2, 0) is 0 Å². The van der Waals surface area contributed by atoms with Crippen LogP contribution in [0.2, 0.25) is 0 Å². The zero-order valence-electron chi connectivity index (χ0n) is 17.8. The molecule has 5 nitrogen and oxygen atoms in total. The number of likely N-dealkylation sites (tertiary alicyclic amines) is 1. The van der Waals surface area contributed by atoms with Gasteiger partial charge in [0.05, 0.1) is 0 Å². The van der Waals surface area contributed by atoms with E-state index >= 15 is 0 Å². The second-order valence-corrected chi connectivity index (χ2v) is 9.39. The highest BCUT2D eigenvalue weighted by atomic mass is 15.2. The molecular formula is C23H39N5. The minimum Gasteiger partial charge on any atom is -0.356 e. The van der Waals surface area contributed by atoms with E-state index in [0.29, 0.717) is 6.04 Å². The molecule has 0 spiro atoms. The minimum atomic E-state index is 0.473. The molecule has 1 atom stereocenters. The Labute approximate surface area is 171 Å². The number of rotatable bonds is 4. The molecule has 1 saturated carbocycles. The third kappa shape index (κ3) is 5.37. The minimum absolute atomic E-state index is 0.473. The third-order valence-corrected chi connectivity index (χ3v) is 7.11. The molecule has 4 rings (SSSR count). The van der Waals surface area contributed by atoms with Crippen molar-refractivity contribution in [1.29, 1.82) is 0 Å². The summed E-state index contributed by atoms with van der Waals surface area (Å²) >= 11 is 0. The highest BCUT2D eigenvalue weighted by Crippen LogP contribution is 2.29. The van der Waals surface area contributed by atoms with Gasteiger partial charge in [-0.25, -0.2) is 4.98 Å². The summed E-state index contributed by atoms with van der Waals surface area (Å²) in [5.74, 6) is 2.85. The molecule has 1 unspecified atom stereocenters. The first-order valence-corrected chi connectivity index (χ1v) is 11.9. The van der Waals surface area contributed by atoms with Crippen LogP contribution in [0.4, 0.5) is 11.8 Å². The predicted octanol–water partition coefficient (Wildman–Crippen LogP) is 4.70. The van der Waals surface area contributed by atoms with Crippen molar-refractivity contribution in [3.8, 4) is 0 Å². The lowest BCUT2D eigenvalue weighted by molar-refractivity contribution is 0.141. The Morgan fingerprint density at radius 2 is 1.64 bits per heavy atom. The average molecular weight is 386 g/mol. The van der Waals surface area contributed by atoms with Crippen LogP contribution < -0.4 is 10.2 Å². The average Bonchev–Trinajstić information content (AvgIpc) is 3.12. The van der Waals surface area contributed by atoms with Gasteiger partial charge in [0.25, 0.3) is 0 Å². The van der Waals surface area contributed by atoms with E-state index in [1.165, 1.54) is 77.2 Å². The summed E-state index contributed by atoms with van der Waals surface area (Å²) in [4.78, 5) is 14.7. The molecular weight excluding hydrogens is 346 g/mol. The first-order valence-electron chi connectivity index (χ1n) is 11.9. The zero-order chi connectivity index (χ0) is 19.2. The lowest BCUT2D eigenvalue weighted by Gasteiger charge is -2.37. The van der Waals surface area contributed by atoms with Gasteiger partial charge >= 0.3 is 0 Å². The highest BCUT2D eigenvalue weighted by Gasteiger charge is 2.27. The topological polar surface area (TPSA) is 44.3 Å². The zero-order valence-corrected chi connectivity index (χ0v) is 17.8. The second-order valence-electron chi connectivity index (χ2n) is 9.39. The summed E-state index contributed by atoms with van der Waals surface area (Å²) < 4.78 is 0. The summed E-state index contributed by atoms with van der Waals surface area (Å²) in [6.45, 7) is 7.10. The monoisotopic (exact) mass is 385 g/mol.